The number of amides is 1. The number of nitrogens with one attached hydrogen (secondary N) is 1. The van der Waals surface area contributed by atoms with E-state index in [0.717, 1.165) is 0 Å². The van der Waals surface area contributed by atoms with E-state index in [0.29, 0.717) is 17.3 Å². The van der Waals surface area contributed by atoms with Crippen LogP contribution in [0.15, 0.2) is 18.2 Å². The second-order valence-corrected chi connectivity index (χ2v) is 5.51. The summed E-state index contributed by atoms with van der Waals surface area (Å²) >= 11 is 11.7. The zero-order valence-electron chi connectivity index (χ0n) is 12.3. The zero-order chi connectivity index (χ0) is 17.2. The summed E-state index contributed by atoms with van der Waals surface area (Å²) in [5.41, 5.74) is 0.351. The van der Waals surface area contributed by atoms with E-state index < -0.39 is 17.9 Å². The summed E-state index contributed by atoms with van der Waals surface area (Å²) in [6.07, 6.45) is -0.276. The Kier molecular flexibility index (Phi) is 8.90. The van der Waals surface area contributed by atoms with Gasteiger partial charge in [0.2, 0.25) is 5.91 Å². The van der Waals surface area contributed by atoms with E-state index in [-0.39, 0.29) is 31.3 Å². The molecule has 0 heterocycles. The predicted molar refractivity (Wildman–Crippen MR) is 83.2 cm³/mol. The smallest absolute Gasteiger partial charge is 0.230 e. The fourth-order valence-electron chi connectivity index (χ4n) is 1.77. The number of anilines is 1. The summed E-state index contributed by atoms with van der Waals surface area (Å²) in [6, 6.07) is 3.52. The SMILES string of the molecule is O=C(C[C@H]([NH2+]CCOCCO)C(=O)[O-])Nc1ccc(Cl)cc1Cl. The minimum atomic E-state index is -1.34. The molecule has 1 rings (SSSR count). The number of carboxylic acids is 1. The number of halogens is 2. The lowest BCUT2D eigenvalue weighted by molar-refractivity contribution is -0.683. The van der Waals surface area contributed by atoms with Crippen LogP contribution in [0.2, 0.25) is 10.0 Å². The maximum Gasteiger partial charge on any atom is 0.230 e. The molecule has 0 aliphatic rings. The van der Waals surface area contributed by atoms with Crippen molar-refractivity contribution in [2.75, 3.05) is 31.7 Å². The summed E-state index contributed by atoms with van der Waals surface area (Å²) in [6.45, 7) is 0.663. The Labute approximate surface area is 143 Å². The molecular formula is C14H18Cl2N2O5. The van der Waals surface area contributed by atoms with Gasteiger partial charge in [0.1, 0.15) is 6.04 Å². The molecule has 0 bridgehead atoms. The van der Waals surface area contributed by atoms with E-state index in [2.05, 4.69) is 5.32 Å². The molecule has 0 saturated heterocycles. The molecule has 0 aliphatic carbocycles. The molecule has 0 saturated carbocycles. The number of benzene rings is 1. The first-order chi connectivity index (χ1) is 10.9. The number of carbonyl (C=O) groups excluding carboxylic acids is 2. The molecule has 128 valence electrons. The number of aliphatic hydroxyl groups is 1. The average molecular weight is 365 g/mol. The van der Waals surface area contributed by atoms with Gasteiger partial charge >= 0.3 is 0 Å². The van der Waals surface area contributed by atoms with Crippen molar-refractivity contribution < 1.29 is 29.9 Å². The molecule has 4 N–H and O–H groups in total. The second kappa shape index (κ2) is 10.4. The number of hydrogen-bond donors (Lipinski definition) is 3. The van der Waals surface area contributed by atoms with E-state index >= 15 is 0 Å². The third kappa shape index (κ3) is 7.62. The fraction of sp³-hybridized carbons (Fsp3) is 0.429. The number of rotatable bonds is 10. The highest BCUT2D eigenvalue weighted by molar-refractivity contribution is 6.36. The van der Waals surface area contributed by atoms with E-state index in [4.69, 9.17) is 33.0 Å². The van der Waals surface area contributed by atoms with Crippen LogP contribution in [-0.2, 0) is 14.3 Å². The van der Waals surface area contributed by atoms with Crippen molar-refractivity contribution >= 4 is 40.8 Å². The molecule has 0 aromatic heterocycles. The number of aliphatic hydroxyl groups excluding tert-OH is 1. The average Bonchev–Trinajstić information content (AvgIpc) is 2.48. The minimum absolute atomic E-state index is 0.103. The highest BCUT2D eigenvalue weighted by atomic mass is 35.5. The number of hydrogen-bond acceptors (Lipinski definition) is 5. The molecule has 0 unspecified atom stereocenters. The number of carbonyl (C=O) groups is 2. The minimum Gasteiger partial charge on any atom is -0.544 e. The summed E-state index contributed by atoms with van der Waals surface area (Å²) in [5.74, 6) is -1.85. The van der Waals surface area contributed by atoms with Crippen LogP contribution in [0.25, 0.3) is 0 Å². The normalized spacial score (nSPS) is 12.0. The van der Waals surface area contributed by atoms with Gasteiger partial charge < -0.3 is 30.4 Å². The zero-order valence-corrected chi connectivity index (χ0v) is 13.8. The highest BCUT2D eigenvalue weighted by Gasteiger charge is 2.18. The van der Waals surface area contributed by atoms with Crippen LogP contribution < -0.4 is 15.7 Å². The summed E-state index contributed by atoms with van der Waals surface area (Å²) in [7, 11) is 0. The number of quaternary nitrogens is 1. The van der Waals surface area contributed by atoms with E-state index in [1.807, 2.05) is 0 Å². The molecule has 1 amide bonds. The predicted octanol–water partition coefficient (Wildman–Crippen LogP) is -0.987. The molecule has 1 aromatic rings. The third-order valence-corrected chi connectivity index (χ3v) is 3.41. The lowest BCUT2D eigenvalue weighted by Crippen LogP contribution is -2.94. The number of nitrogens with two attached hydrogens (primary N) is 1. The highest BCUT2D eigenvalue weighted by Crippen LogP contribution is 2.25. The Morgan fingerprint density at radius 1 is 1.35 bits per heavy atom. The Hall–Kier alpha value is -1.38. The Morgan fingerprint density at radius 2 is 2.09 bits per heavy atom. The van der Waals surface area contributed by atoms with Crippen molar-refractivity contribution in [2.24, 2.45) is 0 Å². The van der Waals surface area contributed by atoms with Crippen molar-refractivity contribution in [1.82, 2.24) is 0 Å². The van der Waals surface area contributed by atoms with Gasteiger partial charge in [0.05, 0.1) is 49.5 Å². The molecular weight excluding hydrogens is 347 g/mol. The molecule has 9 heteroatoms. The number of ether oxygens (including phenoxy) is 1. The van der Waals surface area contributed by atoms with Crippen LogP contribution in [0, 0.1) is 0 Å². The van der Waals surface area contributed by atoms with Gasteiger partial charge in [0.25, 0.3) is 0 Å². The molecule has 0 fully saturated rings. The lowest BCUT2D eigenvalue weighted by atomic mass is 10.2. The summed E-state index contributed by atoms with van der Waals surface area (Å²) in [4.78, 5) is 23.0. The molecule has 1 atom stereocenters. The van der Waals surface area contributed by atoms with Crippen molar-refractivity contribution in [3.8, 4) is 0 Å². The van der Waals surface area contributed by atoms with Crippen molar-refractivity contribution in [1.29, 1.82) is 0 Å². The van der Waals surface area contributed by atoms with Gasteiger partial charge in [-0.05, 0) is 18.2 Å². The van der Waals surface area contributed by atoms with Crippen LogP contribution >= 0.6 is 23.2 Å². The van der Waals surface area contributed by atoms with Crippen molar-refractivity contribution in [3.63, 3.8) is 0 Å². The fourth-order valence-corrected chi connectivity index (χ4v) is 2.23. The molecule has 0 aliphatic heterocycles. The third-order valence-electron chi connectivity index (χ3n) is 2.86. The lowest BCUT2D eigenvalue weighted by Gasteiger charge is -2.16. The van der Waals surface area contributed by atoms with Gasteiger partial charge in [-0.3, -0.25) is 4.79 Å². The van der Waals surface area contributed by atoms with Gasteiger partial charge in [-0.1, -0.05) is 23.2 Å². The van der Waals surface area contributed by atoms with Crippen LogP contribution in [0.5, 0.6) is 0 Å². The monoisotopic (exact) mass is 364 g/mol. The second-order valence-electron chi connectivity index (χ2n) is 4.66. The van der Waals surface area contributed by atoms with Crippen LogP contribution in [0.3, 0.4) is 0 Å². The first-order valence-corrected chi connectivity index (χ1v) is 7.67. The Morgan fingerprint density at radius 3 is 2.70 bits per heavy atom. The Balaban J connectivity index is 2.48. The first-order valence-electron chi connectivity index (χ1n) is 6.91. The van der Waals surface area contributed by atoms with Crippen molar-refractivity contribution in [3.05, 3.63) is 28.2 Å². The first kappa shape index (κ1) is 19.7. The van der Waals surface area contributed by atoms with Gasteiger partial charge in [-0.15, -0.1) is 0 Å². The number of carboxylic acid groups (broad SMARTS) is 1. The molecule has 23 heavy (non-hydrogen) atoms. The molecule has 0 radical (unpaired) electrons. The molecule has 0 spiro atoms. The quantitative estimate of drug-likeness (QED) is 0.461. The van der Waals surface area contributed by atoms with Crippen LogP contribution in [0.1, 0.15) is 6.42 Å². The maximum atomic E-state index is 11.9. The van der Waals surface area contributed by atoms with E-state index in [9.17, 15) is 14.7 Å². The topological polar surface area (TPSA) is 115 Å². The van der Waals surface area contributed by atoms with E-state index in [1.165, 1.54) is 17.4 Å². The molecule has 1 aromatic carbocycles. The van der Waals surface area contributed by atoms with Gasteiger partial charge in [-0.25, -0.2) is 0 Å². The summed E-state index contributed by atoms with van der Waals surface area (Å²) in [5, 5.41) is 24.3. The van der Waals surface area contributed by atoms with Gasteiger partial charge in [0.15, 0.2) is 0 Å². The largest absolute Gasteiger partial charge is 0.544 e. The number of aliphatic carboxylic acids is 1. The van der Waals surface area contributed by atoms with Gasteiger partial charge in [-0.2, -0.15) is 0 Å². The van der Waals surface area contributed by atoms with Crippen molar-refractivity contribution in [2.45, 2.75) is 12.5 Å². The van der Waals surface area contributed by atoms with Crippen LogP contribution in [0.4, 0.5) is 5.69 Å². The Bertz CT molecular complexity index is 542. The standard InChI is InChI=1S/C14H18Cl2N2O5/c15-9-1-2-11(10(16)7-9)18-13(20)8-12(14(21)22)17-3-5-23-6-4-19/h1-2,7,12,17,19H,3-6,8H2,(H,18,20)(H,21,22)/t12-/m0/s1. The maximum absolute atomic E-state index is 11.9. The molecule has 7 nitrogen and oxygen atoms in total. The van der Waals surface area contributed by atoms with E-state index in [1.54, 1.807) is 6.07 Å². The summed E-state index contributed by atoms with van der Waals surface area (Å²) < 4.78 is 5.02. The van der Waals surface area contributed by atoms with Crippen LogP contribution in [-0.4, -0.2) is 49.4 Å². The van der Waals surface area contributed by atoms with Gasteiger partial charge in [0, 0.05) is 5.02 Å².